The van der Waals surface area contributed by atoms with Crippen LogP contribution in [0.3, 0.4) is 0 Å². The fourth-order valence-corrected chi connectivity index (χ4v) is 1.56. The second-order valence-electron chi connectivity index (χ2n) is 3.11. The van der Waals surface area contributed by atoms with Crippen LogP contribution in [0.4, 0.5) is 8.78 Å². The highest BCUT2D eigenvalue weighted by Crippen LogP contribution is 2.21. The van der Waals surface area contributed by atoms with Crippen LogP contribution >= 0.6 is 0 Å². The second kappa shape index (κ2) is 3.86. The lowest BCUT2D eigenvalue weighted by atomic mass is 10.2. The summed E-state index contributed by atoms with van der Waals surface area (Å²) in [6.07, 6.45) is 0. The first-order valence-electron chi connectivity index (χ1n) is 4.29. The van der Waals surface area contributed by atoms with Crippen molar-refractivity contribution in [1.29, 1.82) is 0 Å². The zero-order chi connectivity index (χ0) is 12.6. The van der Waals surface area contributed by atoms with Crippen molar-refractivity contribution >= 4 is 10.0 Å². The van der Waals surface area contributed by atoms with E-state index in [0.29, 0.717) is 0 Å². The van der Waals surface area contributed by atoms with E-state index in [9.17, 15) is 17.2 Å². The first kappa shape index (κ1) is 11.6. The van der Waals surface area contributed by atoms with E-state index in [1.54, 1.807) is 0 Å². The van der Waals surface area contributed by atoms with Gasteiger partial charge in [0.25, 0.3) is 15.2 Å². The summed E-state index contributed by atoms with van der Waals surface area (Å²) in [7, 11) is -4.06. The average molecular weight is 260 g/mol. The molecule has 9 heteroatoms. The number of rotatable bonds is 2. The predicted octanol–water partition coefficient (Wildman–Crippen LogP) is 0.397. The molecule has 0 atom stereocenters. The molecule has 2 rings (SSSR count). The molecule has 90 valence electrons. The van der Waals surface area contributed by atoms with Crippen molar-refractivity contribution in [3.63, 3.8) is 0 Å². The summed E-state index contributed by atoms with van der Waals surface area (Å²) in [6.45, 7) is 0. The zero-order valence-corrected chi connectivity index (χ0v) is 9.00. The molecule has 0 aliphatic heterocycles. The van der Waals surface area contributed by atoms with Crippen molar-refractivity contribution in [1.82, 2.24) is 15.2 Å². The topological polar surface area (TPSA) is 102 Å². The van der Waals surface area contributed by atoms with E-state index in [2.05, 4.69) is 10.1 Å². The molecular weight excluding hydrogens is 254 g/mol. The van der Waals surface area contributed by atoms with Gasteiger partial charge in [-0.15, -0.1) is 0 Å². The van der Waals surface area contributed by atoms with Gasteiger partial charge in [0, 0.05) is 0 Å². The minimum atomic E-state index is -4.06. The first-order chi connectivity index (χ1) is 7.89. The molecule has 0 unspecified atom stereocenters. The number of H-pyrrole nitrogens is 1. The summed E-state index contributed by atoms with van der Waals surface area (Å²) in [5, 5.41) is 9.65. The van der Waals surface area contributed by atoms with Gasteiger partial charge in [-0.1, -0.05) is 6.07 Å². The van der Waals surface area contributed by atoms with Crippen LogP contribution in [0.2, 0.25) is 0 Å². The highest BCUT2D eigenvalue weighted by Gasteiger charge is 2.18. The van der Waals surface area contributed by atoms with Crippen LogP contribution in [0.5, 0.6) is 0 Å². The van der Waals surface area contributed by atoms with Crippen molar-refractivity contribution < 1.29 is 17.2 Å². The molecule has 17 heavy (non-hydrogen) atoms. The largest absolute Gasteiger partial charge is 0.273 e. The van der Waals surface area contributed by atoms with Crippen molar-refractivity contribution in [3.8, 4) is 11.4 Å². The lowest BCUT2D eigenvalue weighted by Gasteiger charge is -1.97. The summed E-state index contributed by atoms with van der Waals surface area (Å²) >= 11 is 0. The fraction of sp³-hybridized carbons (Fsp3) is 0. The minimum Gasteiger partial charge on any atom is -0.248 e. The Kier molecular flexibility index (Phi) is 2.63. The molecule has 1 aromatic carbocycles. The Labute approximate surface area is 94.5 Å². The number of benzene rings is 1. The molecule has 0 aliphatic carbocycles. The number of halogens is 2. The molecule has 1 aromatic heterocycles. The summed E-state index contributed by atoms with van der Waals surface area (Å²) in [4.78, 5) is 3.47. The SMILES string of the molecule is NS(=O)(=O)c1nc(-c2cccc(F)c2F)n[nH]1. The predicted molar refractivity (Wildman–Crippen MR) is 53.1 cm³/mol. The molecule has 0 amide bonds. The first-order valence-corrected chi connectivity index (χ1v) is 5.84. The van der Waals surface area contributed by atoms with Gasteiger partial charge in [-0.25, -0.2) is 27.4 Å². The van der Waals surface area contributed by atoms with Crippen LogP contribution in [0.1, 0.15) is 0 Å². The maximum atomic E-state index is 13.3. The maximum absolute atomic E-state index is 13.3. The average Bonchev–Trinajstić information content (AvgIpc) is 2.70. The molecule has 0 saturated carbocycles. The van der Waals surface area contributed by atoms with Gasteiger partial charge in [0.15, 0.2) is 17.5 Å². The van der Waals surface area contributed by atoms with E-state index in [4.69, 9.17) is 5.14 Å². The van der Waals surface area contributed by atoms with Gasteiger partial charge in [-0.05, 0) is 12.1 Å². The smallest absolute Gasteiger partial charge is 0.248 e. The van der Waals surface area contributed by atoms with Gasteiger partial charge < -0.3 is 0 Å². The third kappa shape index (κ3) is 2.15. The van der Waals surface area contributed by atoms with Gasteiger partial charge in [0.05, 0.1) is 5.56 Å². The standard InChI is InChI=1S/C8H6F2N4O2S/c9-5-3-1-2-4(6(5)10)7-12-8(14-13-7)17(11,15)16/h1-3H,(H2,11,15,16)(H,12,13,14). The summed E-state index contributed by atoms with van der Waals surface area (Å²) < 4.78 is 48.1. The molecule has 6 nitrogen and oxygen atoms in total. The quantitative estimate of drug-likeness (QED) is 0.815. The molecule has 1 heterocycles. The highest BCUT2D eigenvalue weighted by molar-refractivity contribution is 7.89. The Morgan fingerprint density at radius 2 is 2.00 bits per heavy atom. The van der Waals surface area contributed by atoms with Gasteiger partial charge in [0.2, 0.25) is 0 Å². The monoisotopic (exact) mass is 260 g/mol. The molecule has 3 N–H and O–H groups in total. The van der Waals surface area contributed by atoms with Crippen LogP contribution in [-0.2, 0) is 10.0 Å². The fourth-order valence-electron chi connectivity index (χ4n) is 1.17. The minimum absolute atomic E-state index is 0.254. The number of primary sulfonamides is 1. The molecule has 0 radical (unpaired) electrons. The van der Waals surface area contributed by atoms with E-state index < -0.39 is 26.8 Å². The number of hydrogen-bond donors (Lipinski definition) is 2. The van der Waals surface area contributed by atoms with Crippen LogP contribution in [0, 0.1) is 11.6 Å². The molecular formula is C8H6F2N4O2S. The Hall–Kier alpha value is -1.87. The highest BCUT2D eigenvalue weighted by atomic mass is 32.2. The van der Waals surface area contributed by atoms with Crippen molar-refractivity contribution in [2.45, 2.75) is 5.16 Å². The third-order valence-corrected chi connectivity index (χ3v) is 2.65. The van der Waals surface area contributed by atoms with E-state index >= 15 is 0 Å². The van der Waals surface area contributed by atoms with Crippen molar-refractivity contribution in [2.75, 3.05) is 0 Å². The number of hydrogen-bond acceptors (Lipinski definition) is 4. The Balaban J connectivity index is 2.55. The van der Waals surface area contributed by atoms with Gasteiger partial charge >= 0.3 is 0 Å². The van der Waals surface area contributed by atoms with Gasteiger partial charge in [-0.3, -0.25) is 0 Å². The Bertz CT molecular complexity index is 668. The zero-order valence-electron chi connectivity index (χ0n) is 8.18. The van der Waals surface area contributed by atoms with Crippen molar-refractivity contribution in [3.05, 3.63) is 29.8 Å². The van der Waals surface area contributed by atoms with Gasteiger partial charge in [0.1, 0.15) is 0 Å². The third-order valence-electron chi connectivity index (χ3n) is 1.93. The van der Waals surface area contributed by atoms with Crippen LogP contribution < -0.4 is 5.14 Å². The molecule has 0 spiro atoms. The number of aromatic amines is 1. The summed E-state index contributed by atoms with van der Waals surface area (Å²) in [6, 6.07) is 3.39. The molecule has 0 aliphatic rings. The van der Waals surface area contributed by atoms with E-state index in [1.165, 1.54) is 12.1 Å². The lowest BCUT2D eigenvalue weighted by molar-refractivity contribution is 0.510. The van der Waals surface area contributed by atoms with Crippen LogP contribution in [-0.4, -0.2) is 23.6 Å². The number of nitrogens with one attached hydrogen (secondary N) is 1. The Morgan fingerprint density at radius 1 is 1.29 bits per heavy atom. The lowest BCUT2D eigenvalue weighted by Crippen LogP contribution is -2.13. The van der Waals surface area contributed by atoms with Crippen LogP contribution in [0.25, 0.3) is 11.4 Å². The Morgan fingerprint density at radius 3 is 2.59 bits per heavy atom. The number of nitrogens with zero attached hydrogens (tertiary/aromatic N) is 2. The van der Waals surface area contributed by atoms with Crippen LogP contribution in [0.15, 0.2) is 23.4 Å². The van der Waals surface area contributed by atoms with Gasteiger partial charge in [-0.2, -0.15) is 10.1 Å². The van der Waals surface area contributed by atoms with Crippen molar-refractivity contribution in [2.24, 2.45) is 5.14 Å². The molecule has 2 aromatic rings. The van der Waals surface area contributed by atoms with E-state index in [0.717, 1.165) is 6.07 Å². The summed E-state index contributed by atoms with van der Waals surface area (Å²) in [5.41, 5.74) is -0.254. The normalized spacial score (nSPS) is 11.7. The summed E-state index contributed by atoms with van der Waals surface area (Å²) in [5.74, 6) is -2.53. The molecule has 0 fully saturated rings. The number of sulfonamides is 1. The van der Waals surface area contributed by atoms with E-state index in [-0.39, 0.29) is 11.4 Å². The number of nitrogens with two attached hydrogens (primary N) is 1. The van der Waals surface area contributed by atoms with E-state index in [1.807, 2.05) is 5.10 Å². The number of aromatic nitrogens is 3. The molecule has 0 bridgehead atoms. The second-order valence-corrected chi connectivity index (χ2v) is 4.59. The molecule has 0 saturated heterocycles. The maximum Gasteiger partial charge on any atom is 0.273 e.